The van der Waals surface area contributed by atoms with Crippen molar-refractivity contribution in [3.8, 4) is 22.5 Å². The Morgan fingerprint density at radius 1 is 1.02 bits per heavy atom. The highest BCUT2D eigenvalue weighted by atomic mass is 35.5. The van der Waals surface area contributed by atoms with Crippen molar-refractivity contribution in [2.75, 3.05) is 13.2 Å². The summed E-state index contributed by atoms with van der Waals surface area (Å²) in [5, 5.41) is 17.0. The molecule has 0 unspecified atom stereocenters. The summed E-state index contributed by atoms with van der Waals surface area (Å²) in [6, 6.07) is 13.5. The lowest BCUT2D eigenvalue weighted by atomic mass is 9.88. The first kappa shape index (κ1) is 40.9. The van der Waals surface area contributed by atoms with Crippen LogP contribution in [0.15, 0.2) is 73.1 Å². The summed E-state index contributed by atoms with van der Waals surface area (Å²) in [6.45, 7) is -2.55. The van der Waals surface area contributed by atoms with Crippen LogP contribution in [-0.4, -0.2) is 68.9 Å². The van der Waals surface area contributed by atoms with Crippen LogP contribution >= 0.6 is 11.6 Å². The molecule has 1 atom stereocenters. The van der Waals surface area contributed by atoms with Crippen LogP contribution in [-0.2, 0) is 4.74 Å². The van der Waals surface area contributed by atoms with Crippen LogP contribution in [0.1, 0.15) is 61.6 Å². The van der Waals surface area contributed by atoms with Crippen LogP contribution in [0.25, 0.3) is 22.5 Å². The number of carbonyl (C=O) groups excluding carboxylic acids is 2. The standard InChI is InChI=1S/C36H34ClF8N7O3/c1-34(2,36(43,44)45)14-15-47-32(46)51(29(53)21-8-6-20(7-9-21)22-4-3-5-24(38)16-22)27(18-55-33(54)50-35(12-13-35)30(39)40)23-10-11-26(37)25(17-23)28-48-19-49-52(28)31(41)42/h3-11,16-17,19,27,30-31H,12-15,18H2,1-2H3,(H2,46,47)(H,50,54)/t27-/m1/s1. The molecule has 10 nitrogen and oxygen atoms in total. The Morgan fingerprint density at radius 3 is 2.31 bits per heavy atom. The third-order valence-electron chi connectivity index (χ3n) is 9.17. The number of nitrogens with one attached hydrogen (secondary N) is 3. The van der Waals surface area contributed by atoms with Gasteiger partial charge in [0.1, 0.15) is 24.3 Å². The summed E-state index contributed by atoms with van der Waals surface area (Å²) in [7, 11) is 0. The molecule has 55 heavy (non-hydrogen) atoms. The predicted octanol–water partition coefficient (Wildman–Crippen LogP) is 9.01. The van der Waals surface area contributed by atoms with Gasteiger partial charge in [-0.25, -0.2) is 22.9 Å². The summed E-state index contributed by atoms with van der Waals surface area (Å²) in [5.74, 6) is -2.63. The number of alkyl halides is 7. The molecule has 0 bridgehead atoms. The van der Waals surface area contributed by atoms with Gasteiger partial charge in [-0.1, -0.05) is 55.8 Å². The lowest BCUT2D eigenvalue weighted by molar-refractivity contribution is -0.213. The van der Waals surface area contributed by atoms with Gasteiger partial charge in [-0.15, -0.1) is 0 Å². The summed E-state index contributed by atoms with van der Waals surface area (Å²) in [5.41, 5.74) is -3.27. The number of aromatic nitrogens is 3. The van der Waals surface area contributed by atoms with Crippen LogP contribution in [0.5, 0.6) is 0 Å². The largest absolute Gasteiger partial charge is 0.447 e. The fraction of sp³-hybridized carbons (Fsp3) is 0.361. The van der Waals surface area contributed by atoms with Gasteiger partial charge in [0, 0.05) is 17.7 Å². The molecule has 1 aliphatic carbocycles. The highest BCUT2D eigenvalue weighted by Gasteiger charge is 2.53. The number of ether oxygens (including phenoxy) is 1. The molecule has 2 amide bonds. The minimum absolute atomic E-state index is 0.00193. The lowest BCUT2D eigenvalue weighted by Gasteiger charge is -2.34. The second kappa shape index (κ2) is 16.2. The van der Waals surface area contributed by atoms with E-state index in [-0.39, 0.29) is 39.2 Å². The number of rotatable bonds is 13. The molecule has 1 fully saturated rings. The molecule has 0 aliphatic heterocycles. The SMILES string of the molecule is CC(C)(CCNC(=N)N(C(=O)c1ccc(-c2cccc(F)c2)cc1)[C@H](COC(=O)NC1(C(F)F)CC1)c1ccc(Cl)c(-c2ncnn2C(F)F)c1)C(F)(F)F. The third-order valence-corrected chi connectivity index (χ3v) is 9.50. The zero-order valence-electron chi connectivity index (χ0n) is 29.1. The minimum atomic E-state index is -4.62. The highest BCUT2D eigenvalue weighted by Crippen LogP contribution is 2.42. The maximum atomic E-state index is 14.4. The fourth-order valence-electron chi connectivity index (χ4n) is 5.49. The van der Waals surface area contributed by atoms with Crippen LogP contribution < -0.4 is 10.6 Å². The van der Waals surface area contributed by atoms with Crippen molar-refractivity contribution < 1.29 is 49.4 Å². The molecule has 1 aromatic heterocycles. The van der Waals surface area contributed by atoms with Gasteiger partial charge in [0.15, 0.2) is 11.8 Å². The molecular weight excluding hydrogens is 766 g/mol. The van der Waals surface area contributed by atoms with Crippen LogP contribution in [0.2, 0.25) is 5.02 Å². The first-order valence-corrected chi connectivity index (χ1v) is 17.0. The van der Waals surface area contributed by atoms with E-state index in [1.54, 1.807) is 6.07 Å². The normalized spacial score (nSPS) is 14.4. The average Bonchev–Trinajstić information content (AvgIpc) is 3.74. The lowest BCUT2D eigenvalue weighted by Crippen LogP contribution is -2.49. The van der Waals surface area contributed by atoms with E-state index in [0.29, 0.717) is 11.1 Å². The molecule has 1 heterocycles. The van der Waals surface area contributed by atoms with E-state index in [9.17, 15) is 44.7 Å². The van der Waals surface area contributed by atoms with Gasteiger partial charge in [-0.2, -0.15) is 31.7 Å². The van der Waals surface area contributed by atoms with Crippen molar-refractivity contribution >= 4 is 29.6 Å². The fourth-order valence-corrected chi connectivity index (χ4v) is 5.69. The first-order valence-electron chi connectivity index (χ1n) is 16.6. The van der Waals surface area contributed by atoms with Crippen molar-refractivity contribution in [1.29, 1.82) is 5.41 Å². The van der Waals surface area contributed by atoms with Gasteiger partial charge >= 0.3 is 18.8 Å². The number of alkyl carbamates (subject to hydrolysis) is 1. The maximum Gasteiger partial charge on any atom is 0.407 e. The van der Waals surface area contributed by atoms with Gasteiger partial charge in [-0.05, 0) is 72.4 Å². The number of halogens is 9. The van der Waals surface area contributed by atoms with E-state index in [1.807, 2.05) is 0 Å². The topological polar surface area (TPSA) is 125 Å². The van der Waals surface area contributed by atoms with Crippen LogP contribution in [0, 0.1) is 16.6 Å². The van der Waals surface area contributed by atoms with Crippen molar-refractivity contribution in [3.63, 3.8) is 0 Å². The van der Waals surface area contributed by atoms with Crippen LogP contribution in [0.4, 0.5) is 39.9 Å². The molecule has 3 N–H and O–H groups in total. The minimum Gasteiger partial charge on any atom is -0.447 e. The van der Waals surface area contributed by atoms with Gasteiger partial charge in [-0.3, -0.25) is 15.1 Å². The monoisotopic (exact) mass is 799 g/mol. The second-order valence-electron chi connectivity index (χ2n) is 13.4. The van der Waals surface area contributed by atoms with E-state index < -0.39 is 85.3 Å². The zero-order chi connectivity index (χ0) is 40.3. The summed E-state index contributed by atoms with van der Waals surface area (Å²) in [6.07, 6.45) is -8.61. The zero-order valence-corrected chi connectivity index (χ0v) is 29.9. The van der Waals surface area contributed by atoms with E-state index in [0.717, 1.165) is 25.1 Å². The summed E-state index contributed by atoms with van der Waals surface area (Å²) >= 11 is 6.39. The number of hydrogen-bond donors (Lipinski definition) is 3. The Kier molecular flexibility index (Phi) is 12.1. The first-order chi connectivity index (χ1) is 25.8. The van der Waals surface area contributed by atoms with Gasteiger partial charge in [0.25, 0.3) is 12.3 Å². The Balaban J connectivity index is 1.57. The van der Waals surface area contributed by atoms with Gasteiger partial charge in [0.05, 0.1) is 16.5 Å². The Hall–Kier alpha value is -5.26. The summed E-state index contributed by atoms with van der Waals surface area (Å²) in [4.78, 5) is 31.9. The Bertz CT molecular complexity index is 2020. The van der Waals surface area contributed by atoms with E-state index in [4.69, 9.17) is 21.7 Å². The number of hydrogen-bond acceptors (Lipinski definition) is 6. The molecular formula is C36H34ClF8N7O3. The molecule has 1 saturated carbocycles. The Labute approximate surface area is 314 Å². The molecule has 19 heteroatoms. The molecule has 4 aromatic rings. The van der Waals surface area contributed by atoms with Crippen molar-refractivity contribution in [1.82, 2.24) is 30.3 Å². The van der Waals surface area contributed by atoms with Crippen LogP contribution in [0.3, 0.4) is 0 Å². The number of carbonyl (C=O) groups is 2. The number of nitrogens with zero attached hydrogens (tertiary/aromatic N) is 4. The van der Waals surface area contributed by atoms with Gasteiger partial charge < -0.3 is 15.4 Å². The maximum absolute atomic E-state index is 14.4. The van der Waals surface area contributed by atoms with Gasteiger partial charge in [0.2, 0.25) is 0 Å². The number of guanidine groups is 1. The summed E-state index contributed by atoms with van der Waals surface area (Å²) < 4.78 is 115. The second-order valence-corrected chi connectivity index (χ2v) is 13.8. The third kappa shape index (κ3) is 9.35. The van der Waals surface area contributed by atoms with E-state index in [1.165, 1.54) is 60.7 Å². The quantitative estimate of drug-likeness (QED) is 0.0705. The predicted molar refractivity (Wildman–Crippen MR) is 185 cm³/mol. The number of benzene rings is 3. The Morgan fingerprint density at radius 2 is 1.71 bits per heavy atom. The van der Waals surface area contributed by atoms with Crippen molar-refractivity contribution in [2.24, 2.45) is 5.41 Å². The molecule has 1 aliphatic rings. The van der Waals surface area contributed by atoms with E-state index in [2.05, 4.69) is 20.7 Å². The van der Waals surface area contributed by atoms with Crippen molar-refractivity contribution in [3.05, 3.63) is 95.0 Å². The molecule has 0 radical (unpaired) electrons. The molecule has 3 aromatic carbocycles. The van der Waals surface area contributed by atoms with Crippen molar-refractivity contribution in [2.45, 2.75) is 63.8 Å². The molecule has 0 spiro atoms. The number of amides is 2. The smallest absolute Gasteiger partial charge is 0.407 e. The molecule has 294 valence electrons. The highest BCUT2D eigenvalue weighted by molar-refractivity contribution is 6.33. The van der Waals surface area contributed by atoms with E-state index >= 15 is 0 Å². The molecule has 5 rings (SSSR count). The molecule has 0 saturated heterocycles. The average molecular weight is 800 g/mol.